The number of aliphatic hydroxyl groups excluding tert-OH is 1. The second-order valence-electron chi connectivity index (χ2n) is 5.75. The average molecular weight is 264 g/mol. The molecule has 0 heterocycles. The Kier molecular flexibility index (Phi) is 6.16. The van der Waals surface area contributed by atoms with Crippen LogP contribution in [-0.2, 0) is 0 Å². The second kappa shape index (κ2) is 7.39. The van der Waals surface area contributed by atoms with Gasteiger partial charge in [-0.15, -0.1) is 0 Å². The van der Waals surface area contributed by atoms with Crippen LogP contribution < -0.4 is 4.74 Å². The van der Waals surface area contributed by atoms with E-state index < -0.39 is 14.2 Å². The summed E-state index contributed by atoms with van der Waals surface area (Å²) in [5.74, 6) is 0.808. The highest BCUT2D eigenvalue weighted by molar-refractivity contribution is 6.76. The highest BCUT2D eigenvalue weighted by Gasteiger charge is 2.09. The second-order valence-corrected chi connectivity index (χ2v) is 11.3. The SMILES string of the molecule is C[Si](C)(C)C/C=C\C[C@H](O)COc1ccccc1. The number of allylic oxidation sites excluding steroid dienone is 1. The Bertz CT molecular complexity index is 355. The van der Waals surface area contributed by atoms with Gasteiger partial charge in [0.25, 0.3) is 0 Å². The van der Waals surface area contributed by atoms with Crippen molar-refractivity contribution in [3.63, 3.8) is 0 Å². The van der Waals surface area contributed by atoms with E-state index in [2.05, 4.69) is 31.8 Å². The van der Waals surface area contributed by atoms with Crippen LogP contribution in [0.5, 0.6) is 5.75 Å². The van der Waals surface area contributed by atoms with Gasteiger partial charge in [0, 0.05) is 8.07 Å². The van der Waals surface area contributed by atoms with Crippen LogP contribution in [0.3, 0.4) is 0 Å². The summed E-state index contributed by atoms with van der Waals surface area (Å²) in [4.78, 5) is 0. The molecule has 1 aromatic carbocycles. The molecule has 3 heteroatoms. The van der Waals surface area contributed by atoms with Crippen LogP contribution in [0.2, 0.25) is 25.7 Å². The van der Waals surface area contributed by atoms with Crippen LogP contribution in [0, 0.1) is 0 Å². The Morgan fingerprint density at radius 1 is 1.17 bits per heavy atom. The molecule has 0 aliphatic rings. The summed E-state index contributed by atoms with van der Waals surface area (Å²) < 4.78 is 5.49. The van der Waals surface area contributed by atoms with Crippen molar-refractivity contribution in [2.45, 2.75) is 38.2 Å². The predicted octanol–water partition coefficient (Wildman–Crippen LogP) is 3.71. The Morgan fingerprint density at radius 3 is 2.44 bits per heavy atom. The van der Waals surface area contributed by atoms with E-state index in [0.29, 0.717) is 13.0 Å². The number of hydrogen-bond donors (Lipinski definition) is 1. The summed E-state index contributed by atoms with van der Waals surface area (Å²) in [6.07, 6.45) is 4.50. The molecule has 1 rings (SSSR count). The van der Waals surface area contributed by atoms with E-state index in [-0.39, 0.29) is 0 Å². The number of ether oxygens (including phenoxy) is 1. The monoisotopic (exact) mass is 264 g/mol. The van der Waals surface area contributed by atoms with E-state index in [4.69, 9.17) is 4.74 Å². The van der Waals surface area contributed by atoms with Gasteiger partial charge in [-0.1, -0.05) is 50.0 Å². The molecule has 1 atom stereocenters. The van der Waals surface area contributed by atoms with Gasteiger partial charge >= 0.3 is 0 Å². The normalized spacial score (nSPS) is 13.8. The maximum atomic E-state index is 9.78. The molecule has 1 aromatic rings. The van der Waals surface area contributed by atoms with Gasteiger partial charge in [-0.3, -0.25) is 0 Å². The minimum atomic E-state index is -1.00. The van der Waals surface area contributed by atoms with Gasteiger partial charge in [0.05, 0.1) is 6.10 Å². The zero-order valence-corrected chi connectivity index (χ0v) is 12.6. The van der Waals surface area contributed by atoms with Crippen molar-refractivity contribution in [2.24, 2.45) is 0 Å². The maximum absolute atomic E-state index is 9.78. The zero-order chi connectivity index (χ0) is 13.4. The molecule has 0 saturated heterocycles. The van der Waals surface area contributed by atoms with Crippen molar-refractivity contribution in [1.29, 1.82) is 0 Å². The third-order valence-electron chi connectivity index (χ3n) is 2.49. The lowest BCUT2D eigenvalue weighted by Crippen LogP contribution is -2.18. The van der Waals surface area contributed by atoms with Gasteiger partial charge < -0.3 is 9.84 Å². The lowest BCUT2D eigenvalue weighted by molar-refractivity contribution is 0.110. The van der Waals surface area contributed by atoms with Crippen molar-refractivity contribution >= 4 is 8.07 Å². The topological polar surface area (TPSA) is 29.5 Å². The van der Waals surface area contributed by atoms with Crippen LogP contribution in [0.1, 0.15) is 6.42 Å². The molecule has 2 nitrogen and oxygen atoms in total. The van der Waals surface area contributed by atoms with Crippen molar-refractivity contribution in [1.82, 2.24) is 0 Å². The standard InChI is InChI=1S/C15H24O2Si/c1-18(2,3)12-8-7-9-14(16)13-17-15-10-5-4-6-11-15/h4-8,10-11,14,16H,9,12-13H2,1-3H3/b8-7-/t14-/m0/s1. The van der Waals surface area contributed by atoms with E-state index in [1.54, 1.807) is 0 Å². The number of benzene rings is 1. The molecule has 18 heavy (non-hydrogen) atoms. The molecule has 100 valence electrons. The Hall–Kier alpha value is -1.06. The van der Waals surface area contributed by atoms with E-state index in [1.165, 1.54) is 6.04 Å². The van der Waals surface area contributed by atoms with E-state index >= 15 is 0 Å². The van der Waals surface area contributed by atoms with Crippen LogP contribution in [0.15, 0.2) is 42.5 Å². The number of para-hydroxylation sites is 1. The third-order valence-corrected chi connectivity index (χ3v) is 3.95. The molecule has 0 saturated carbocycles. The molecule has 0 amide bonds. The van der Waals surface area contributed by atoms with Gasteiger partial charge in [0.2, 0.25) is 0 Å². The molecule has 0 aliphatic carbocycles. The fourth-order valence-corrected chi connectivity index (χ4v) is 2.34. The van der Waals surface area contributed by atoms with Crippen molar-refractivity contribution in [2.75, 3.05) is 6.61 Å². The quantitative estimate of drug-likeness (QED) is 0.601. The maximum Gasteiger partial charge on any atom is 0.119 e. The fourth-order valence-electron chi connectivity index (χ4n) is 1.47. The molecular weight excluding hydrogens is 240 g/mol. The highest BCUT2D eigenvalue weighted by atomic mass is 28.3. The van der Waals surface area contributed by atoms with E-state index in [9.17, 15) is 5.11 Å². The molecule has 0 spiro atoms. The minimum Gasteiger partial charge on any atom is -0.491 e. The molecule has 0 radical (unpaired) electrons. The number of aliphatic hydroxyl groups is 1. The summed E-state index contributed by atoms with van der Waals surface area (Å²) in [6.45, 7) is 7.37. The van der Waals surface area contributed by atoms with Gasteiger partial charge in [-0.2, -0.15) is 0 Å². The van der Waals surface area contributed by atoms with Gasteiger partial charge in [-0.25, -0.2) is 0 Å². The Labute approximate surface area is 111 Å². The Balaban J connectivity index is 2.20. The van der Waals surface area contributed by atoms with Crippen molar-refractivity contribution in [3.05, 3.63) is 42.5 Å². The molecule has 0 unspecified atom stereocenters. The van der Waals surface area contributed by atoms with Crippen molar-refractivity contribution < 1.29 is 9.84 Å². The van der Waals surface area contributed by atoms with Gasteiger partial charge in [-0.05, 0) is 24.6 Å². The summed E-state index contributed by atoms with van der Waals surface area (Å²) in [5.41, 5.74) is 0. The number of rotatable bonds is 7. The smallest absolute Gasteiger partial charge is 0.119 e. The number of hydrogen-bond acceptors (Lipinski definition) is 2. The first-order chi connectivity index (χ1) is 8.47. The summed E-state index contributed by atoms with van der Waals surface area (Å²) in [5, 5.41) is 9.78. The lowest BCUT2D eigenvalue weighted by atomic mass is 10.2. The fraction of sp³-hybridized carbons (Fsp3) is 0.467. The first kappa shape index (κ1) is 15.0. The summed E-state index contributed by atoms with van der Waals surface area (Å²) in [7, 11) is -1.00. The molecule has 0 bridgehead atoms. The first-order valence-electron chi connectivity index (χ1n) is 6.48. The van der Waals surface area contributed by atoms with Crippen LogP contribution in [0.25, 0.3) is 0 Å². The van der Waals surface area contributed by atoms with Crippen LogP contribution in [-0.4, -0.2) is 25.9 Å². The predicted molar refractivity (Wildman–Crippen MR) is 79.9 cm³/mol. The van der Waals surface area contributed by atoms with Crippen molar-refractivity contribution in [3.8, 4) is 5.75 Å². The summed E-state index contributed by atoms with van der Waals surface area (Å²) in [6, 6.07) is 10.8. The molecular formula is C15H24O2Si. The lowest BCUT2D eigenvalue weighted by Gasteiger charge is -2.12. The summed E-state index contributed by atoms with van der Waals surface area (Å²) >= 11 is 0. The molecule has 0 aliphatic heterocycles. The largest absolute Gasteiger partial charge is 0.491 e. The van der Waals surface area contributed by atoms with Gasteiger partial charge in [0.1, 0.15) is 12.4 Å². The average Bonchev–Trinajstić information content (AvgIpc) is 2.32. The van der Waals surface area contributed by atoms with E-state index in [0.717, 1.165) is 5.75 Å². The molecule has 0 aromatic heterocycles. The molecule has 1 N–H and O–H groups in total. The van der Waals surface area contributed by atoms with E-state index in [1.807, 2.05) is 30.3 Å². The third kappa shape index (κ3) is 7.30. The van der Waals surface area contributed by atoms with Crippen LogP contribution in [0.4, 0.5) is 0 Å². The van der Waals surface area contributed by atoms with Crippen LogP contribution >= 0.6 is 0 Å². The molecule has 0 fully saturated rings. The first-order valence-corrected chi connectivity index (χ1v) is 10.2. The zero-order valence-electron chi connectivity index (χ0n) is 11.6. The van der Waals surface area contributed by atoms with Gasteiger partial charge in [0.15, 0.2) is 0 Å². The minimum absolute atomic E-state index is 0.349. The highest BCUT2D eigenvalue weighted by Crippen LogP contribution is 2.11. The Morgan fingerprint density at radius 2 is 1.83 bits per heavy atom.